The van der Waals surface area contributed by atoms with E-state index in [4.69, 9.17) is 16.0 Å². The average Bonchev–Trinajstić information content (AvgIpc) is 3.68. The van der Waals surface area contributed by atoms with E-state index in [2.05, 4.69) is 21.4 Å². The lowest BCUT2D eigenvalue weighted by Gasteiger charge is -2.19. The van der Waals surface area contributed by atoms with Crippen molar-refractivity contribution in [3.63, 3.8) is 0 Å². The molecule has 1 atom stereocenters. The van der Waals surface area contributed by atoms with E-state index in [9.17, 15) is 20.0 Å². The van der Waals surface area contributed by atoms with Crippen LogP contribution >= 0.6 is 11.6 Å². The van der Waals surface area contributed by atoms with Gasteiger partial charge in [0.15, 0.2) is 11.1 Å². The fourth-order valence-electron chi connectivity index (χ4n) is 4.55. The first-order valence-electron chi connectivity index (χ1n) is 11.8. The van der Waals surface area contributed by atoms with Crippen LogP contribution in [0.3, 0.4) is 0 Å². The summed E-state index contributed by atoms with van der Waals surface area (Å²) in [5.74, 6) is -0.814. The summed E-state index contributed by atoms with van der Waals surface area (Å²) in [6.45, 7) is 5.45. The minimum Gasteiger partial charge on any atom is -0.476 e. The van der Waals surface area contributed by atoms with Crippen LogP contribution in [0.4, 0.5) is 5.69 Å². The van der Waals surface area contributed by atoms with E-state index in [1.54, 1.807) is 25.3 Å². The van der Waals surface area contributed by atoms with Crippen molar-refractivity contribution in [3.05, 3.63) is 86.0 Å². The molecule has 0 saturated heterocycles. The predicted molar refractivity (Wildman–Crippen MR) is 140 cm³/mol. The maximum Gasteiger partial charge on any atom is 0.356 e. The Balaban J connectivity index is 1.61. The number of hydrogen-bond acceptors (Lipinski definition) is 7. The Morgan fingerprint density at radius 2 is 2.00 bits per heavy atom. The van der Waals surface area contributed by atoms with Crippen molar-refractivity contribution in [1.29, 1.82) is 5.26 Å². The highest BCUT2D eigenvalue weighted by molar-refractivity contribution is 6.29. The summed E-state index contributed by atoms with van der Waals surface area (Å²) in [6, 6.07) is 12.3. The number of benzene rings is 1. The molecule has 186 valence electrons. The zero-order valence-electron chi connectivity index (χ0n) is 20.4. The maximum atomic E-state index is 13.4. The van der Waals surface area contributed by atoms with Crippen LogP contribution in [0.5, 0.6) is 0 Å². The number of aryl methyl sites for hydroxylation is 1. The van der Waals surface area contributed by atoms with Crippen molar-refractivity contribution in [3.8, 4) is 17.4 Å². The van der Waals surface area contributed by atoms with Crippen molar-refractivity contribution in [1.82, 2.24) is 9.97 Å². The molecule has 1 aromatic carbocycles. The van der Waals surface area contributed by atoms with Gasteiger partial charge >= 0.3 is 5.97 Å². The van der Waals surface area contributed by atoms with Crippen molar-refractivity contribution in [2.75, 3.05) is 5.32 Å². The average molecular weight is 515 g/mol. The van der Waals surface area contributed by atoms with E-state index in [1.807, 2.05) is 32.0 Å². The summed E-state index contributed by atoms with van der Waals surface area (Å²) < 4.78 is 6.37. The molecule has 1 aliphatic rings. The molecule has 3 heterocycles. The predicted octanol–water partition coefficient (Wildman–Crippen LogP) is 5.95. The van der Waals surface area contributed by atoms with Gasteiger partial charge < -0.3 is 14.8 Å². The molecule has 1 aliphatic carbocycles. The van der Waals surface area contributed by atoms with Crippen LogP contribution in [0.15, 0.2) is 51.8 Å². The van der Waals surface area contributed by atoms with Crippen LogP contribution in [-0.2, 0) is 5.41 Å². The Morgan fingerprint density at radius 3 is 2.62 bits per heavy atom. The van der Waals surface area contributed by atoms with E-state index in [-0.39, 0.29) is 16.3 Å². The number of carboxylic acids is 1. The molecule has 9 heteroatoms. The summed E-state index contributed by atoms with van der Waals surface area (Å²) >= 11 is 5.89. The Morgan fingerprint density at radius 1 is 1.24 bits per heavy atom. The van der Waals surface area contributed by atoms with Gasteiger partial charge in [-0.05, 0) is 69.5 Å². The van der Waals surface area contributed by atoms with Crippen LogP contribution in [0, 0.1) is 25.2 Å². The number of carboxylic acid groups (broad SMARTS) is 1. The Kier molecular flexibility index (Phi) is 5.97. The molecular formula is C28H23ClN4O4. The number of aromatic carboxylic acids is 1. The topological polar surface area (TPSA) is 129 Å². The second kappa shape index (κ2) is 9.02. The lowest BCUT2D eigenvalue weighted by molar-refractivity contribution is 0.0691. The second-order valence-corrected chi connectivity index (χ2v) is 9.83. The summed E-state index contributed by atoms with van der Waals surface area (Å²) in [4.78, 5) is 33.5. The van der Waals surface area contributed by atoms with Gasteiger partial charge in [0.05, 0.1) is 34.3 Å². The van der Waals surface area contributed by atoms with Gasteiger partial charge in [-0.2, -0.15) is 5.26 Å². The molecule has 0 bridgehead atoms. The molecule has 0 radical (unpaired) electrons. The number of rotatable bonds is 6. The first-order chi connectivity index (χ1) is 17.6. The number of hydrogen-bond donors (Lipinski definition) is 2. The third kappa shape index (κ3) is 4.32. The van der Waals surface area contributed by atoms with Crippen LogP contribution < -0.4 is 10.7 Å². The van der Waals surface area contributed by atoms with Gasteiger partial charge in [0.1, 0.15) is 16.5 Å². The number of nitrogens with zero attached hydrogens (tertiary/aromatic N) is 3. The molecule has 3 aromatic heterocycles. The molecular weight excluding hydrogens is 492 g/mol. The number of anilines is 1. The van der Waals surface area contributed by atoms with Gasteiger partial charge in [-0.15, -0.1) is 0 Å². The van der Waals surface area contributed by atoms with Gasteiger partial charge in [0, 0.05) is 22.9 Å². The highest BCUT2D eigenvalue weighted by atomic mass is 35.5. The van der Waals surface area contributed by atoms with Gasteiger partial charge in [-0.1, -0.05) is 17.7 Å². The molecule has 5 rings (SSSR count). The molecule has 1 fully saturated rings. The summed E-state index contributed by atoms with van der Waals surface area (Å²) in [7, 11) is 0. The van der Waals surface area contributed by atoms with E-state index >= 15 is 0 Å². The third-order valence-corrected chi connectivity index (χ3v) is 6.98. The zero-order chi connectivity index (χ0) is 26.5. The highest BCUT2D eigenvalue weighted by Crippen LogP contribution is 2.46. The molecule has 2 N–H and O–H groups in total. The SMILES string of the molecule is Cc1cc([C@@H](C)Nc2ccc(Cl)nc2C(=O)O)c2oc(-c3ccc(C4(C#N)CC4)nc3)c(C)c(=O)c2c1. The minimum absolute atomic E-state index is 0.0738. The van der Waals surface area contributed by atoms with Crippen molar-refractivity contribution < 1.29 is 14.3 Å². The Hall–Kier alpha value is -4.22. The molecule has 1 saturated carbocycles. The summed E-state index contributed by atoms with van der Waals surface area (Å²) in [5, 5.41) is 22.7. The minimum atomic E-state index is -1.21. The fraction of sp³-hybridized carbons (Fsp3) is 0.250. The lowest BCUT2D eigenvalue weighted by Crippen LogP contribution is -2.14. The molecule has 0 spiro atoms. The molecule has 0 amide bonds. The monoisotopic (exact) mass is 514 g/mol. The molecule has 37 heavy (non-hydrogen) atoms. The first kappa shape index (κ1) is 24.5. The van der Waals surface area contributed by atoms with Crippen LogP contribution in [0.2, 0.25) is 5.15 Å². The molecule has 4 aromatic rings. The quantitative estimate of drug-likeness (QED) is 0.302. The van der Waals surface area contributed by atoms with E-state index in [0.29, 0.717) is 39.1 Å². The van der Waals surface area contributed by atoms with Crippen LogP contribution in [0.25, 0.3) is 22.3 Å². The number of pyridine rings is 2. The van der Waals surface area contributed by atoms with E-state index in [0.717, 1.165) is 24.1 Å². The molecule has 0 unspecified atom stereocenters. The maximum absolute atomic E-state index is 13.4. The first-order valence-corrected chi connectivity index (χ1v) is 12.1. The largest absolute Gasteiger partial charge is 0.476 e. The van der Waals surface area contributed by atoms with Gasteiger partial charge in [-0.25, -0.2) is 9.78 Å². The Labute approximate surface area is 217 Å². The van der Waals surface area contributed by atoms with Gasteiger partial charge in [0.25, 0.3) is 0 Å². The second-order valence-electron chi connectivity index (χ2n) is 9.44. The van der Waals surface area contributed by atoms with Crippen LogP contribution in [0.1, 0.15) is 58.7 Å². The standard InChI is InChI=1S/C28H23ClN4O4/c1-14-10-18(16(3)32-20-5-7-22(29)33-23(20)27(35)36)26-19(11-14)24(34)15(2)25(37-26)17-4-6-21(31-12-17)28(13-30)8-9-28/h4-7,10-12,16,32H,8-9H2,1-3H3,(H,35,36)/t16-/m1/s1. The van der Waals surface area contributed by atoms with Crippen molar-refractivity contribution >= 4 is 34.2 Å². The number of nitrogens with one attached hydrogen (secondary N) is 1. The molecule has 0 aliphatic heterocycles. The number of aromatic nitrogens is 2. The smallest absolute Gasteiger partial charge is 0.356 e. The number of nitriles is 1. The van der Waals surface area contributed by atoms with Gasteiger partial charge in [-0.3, -0.25) is 9.78 Å². The molecule has 8 nitrogen and oxygen atoms in total. The Bertz CT molecular complexity index is 1670. The lowest BCUT2D eigenvalue weighted by atomic mass is 9.98. The number of carbonyl (C=O) groups is 1. The van der Waals surface area contributed by atoms with E-state index in [1.165, 1.54) is 6.07 Å². The van der Waals surface area contributed by atoms with E-state index < -0.39 is 17.4 Å². The highest BCUT2D eigenvalue weighted by Gasteiger charge is 2.46. The van der Waals surface area contributed by atoms with Crippen LogP contribution in [-0.4, -0.2) is 21.0 Å². The number of halogens is 1. The number of fused-ring (bicyclic) bond motifs is 1. The third-order valence-electron chi connectivity index (χ3n) is 6.77. The van der Waals surface area contributed by atoms with Crippen molar-refractivity contribution in [2.24, 2.45) is 0 Å². The summed E-state index contributed by atoms with van der Waals surface area (Å²) in [5.41, 5.74) is 3.18. The fourth-order valence-corrected chi connectivity index (χ4v) is 4.70. The zero-order valence-corrected chi connectivity index (χ0v) is 21.2. The van der Waals surface area contributed by atoms with Gasteiger partial charge in [0.2, 0.25) is 0 Å². The summed E-state index contributed by atoms with van der Waals surface area (Å²) in [6.07, 6.45) is 3.22. The van der Waals surface area contributed by atoms with Crippen molar-refractivity contribution in [2.45, 2.75) is 45.1 Å². The normalized spacial score (nSPS) is 14.7.